The van der Waals surface area contributed by atoms with Crippen LogP contribution in [0.1, 0.15) is 316 Å². The highest BCUT2D eigenvalue weighted by molar-refractivity contribution is 7.47. The zero-order chi connectivity index (χ0) is 75.2. The van der Waals surface area contributed by atoms with Crippen LogP contribution in [0.3, 0.4) is 0 Å². The number of rotatable bonds is 75. The van der Waals surface area contributed by atoms with Crippen LogP contribution in [-0.2, 0) is 55.8 Å². The van der Waals surface area contributed by atoms with Gasteiger partial charge in [-0.1, -0.05) is 301 Å². The van der Waals surface area contributed by atoms with Gasteiger partial charge < -0.3 is 34.2 Å². The molecule has 0 heterocycles. The molecular weight excluding hydrogens is 1340 g/mol. The minimum absolute atomic E-state index is 0.0819. The summed E-state index contributed by atoms with van der Waals surface area (Å²) in [4.78, 5) is 58.6. The van der Waals surface area contributed by atoms with Crippen LogP contribution in [0, 0.1) is 0 Å². The van der Waals surface area contributed by atoms with Gasteiger partial charge in [0.15, 0.2) is 6.10 Å². The lowest BCUT2D eigenvalue weighted by molar-refractivity contribution is -0.161. The van der Waals surface area contributed by atoms with Crippen LogP contribution in [0.4, 0.5) is 0 Å². The summed E-state index contributed by atoms with van der Waals surface area (Å²) < 4.78 is 61.1. The van der Waals surface area contributed by atoms with Crippen molar-refractivity contribution in [3.63, 3.8) is 0 Å². The van der Waals surface area contributed by atoms with E-state index in [-0.39, 0.29) is 19.3 Å². The smallest absolute Gasteiger partial charge is 0.463 e. The second kappa shape index (κ2) is 77.1. The second-order valence-corrected chi connectivity index (χ2v) is 29.4. The Labute approximate surface area is 626 Å². The van der Waals surface area contributed by atoms with E-state index in [0.717, 1.165) is 141 Å². The van der Waals surface area contributed by atoms with Gasteiger partial charge in [-0.15, -0.1) is 0 Å². The van der Waals surface area contributed by atoms with Crippen molar-refractivity contribution in [1.82, 2.24) is 0 Å². The Hall–Kier alpha value is -4.57. The largest absolute Gasteiger partial charge is 0.472 e. The molecule has 0 spiro atoms. The molecule has 0 radical (unpaired) electrons. The number of phosphoric ester groups is 2. The summed E-state index contributed by atoms with van der Waals surface area (Å²) in [5, 5.41) is 20.6. The van der Waals surface area contributed by atoms with Crippen LogP contribution in [-0.4, -0.2) is 95.9 Å². The summed E-state index contributed by atoms with van der Waals surface area (Å²) >= 11 is 0. The number of phosphoric acid groups is 2. The Morgan fingerprint density at radius 1 is 0.282 bits per heavy atom. The molecule has 0 aliphatic heterocycles. The number of ether oxygens (including phenoxy) is 3. The molecule has 0 saturated carbocycles. The third kappa shape index (κ3) is 78.3. The van der Waals surface area contributed by atoms with Crippen molar-refractivity contribution in [2.75, 3.05) is 39.6 Å². The third-order valence-electron chi connectivity index (χ3n) is 16.5. The van der Waals surface area contributed by atoms with Gasteiger partial charge >= 0.3 is 33.6 Å². The molecule has 0 aliphatic rings. The zero-order valence-corrected chi connectivity index (χ0v) is 66.2. The van der Waals surface area contributed by atoms with Crippen LogP contribution in [0.15, 0.2) is 146 Å². The van der Waals surface area contributed by atoms with Gasteiger partial charge in [0.2, 0.25) is 0 Å². The highest BCUT2D eigenvalue weighted by Crippen LogP contribution is 2.45. The number of esters is 3. The Bertz CT molecular complexity index is 2450. The first-order valence-electron chi connectivity index (χ1n) is 40.1. The fourth-order valence-electron chi connectivity index (χ4n) is 10.5. The van der Waals surface area contributed by atoms with Crippen molar-refractivity contribution in [2.45, 2.75) is 334 Å². The van der Waals surface area contributed by atoms with Gasteiger partial charge in [-0.2, -0.15) is 0 Å². The van der Waals surface area contributed by atoms with E-state index in [9.17, 15) is 43.5 Å². The number of aliphatic hydroxyl groups excluding tert-OH is 2. The topological polar surface area (TPSA) is 231 Å². The maximum Gasteiger partial charge on any atom is 0.472 e. The summed E-state index contributed by atoms with van der Waals surface area (Å²) in [5.41, 5.74) is 0. The van der Waals surface area contributed by atoms with Gasteiger partial charge in [-0.25, -0.2) is 9.13 Å². The van der Waals surface area contributed by atoms with E-state index in [1.807, 2.05) is 0 Å². The molecule has 0 aromatic heterocycles. The normalized spacial score (nSPS) is 14.7. The fourth-order valence-corrected chi connectivity index (χ4v) is 12.1. The van der Waals surface area contributed by atoms with Crippen LogP contribution in [0.2, 0.25) is 0 Å². The number of hydrogen-bond donors (Lipinski definition) is 4. The van der Waals surface area contributed by atoms with E-state index in [2.05, 4.69) is 167 Å². The molecule has 0 bridgehead atoms. The summed E-state index contributed by atoms with van der Waals surface area (Å²) in [6.45, 7) is 2.40. The van der Waals surface area contributed by atoms with Crippen LogP contribution in [0.5, 0.6) is 0 Å². The molecule has 5 atom stereocenters. The number of unbranched alkanes of at least 4 members (excludes halogenated alkanes) is 28. The minimum atomic E-state index is -4.94. The molecule has 0 aliphatic carbocycles. The number of carbonyl (C=O) groups excluding carboxylic acids is 3. The van der Waals surface area contributed by atoms with Crippen LogP contribution >= 0.6 is 15.6 Å². The van der Waals surface area contributed by atoms with E-state index in [4.69, 9.17) is 32.3 Å². The lowest BCUT2D eigenvalue weighted by atomic mass is 10.0. The lowest BCUT2D eigenvalue weighted by Crippen LogP contribution is -2.30. The van der Waals surface area contributed by atoms with Crippen LogP contribution < -0.4 is 0 Å². The fraction of sp³-hybridized carbons (Fsp3) is 0.682. The van der Waals surface area contributed by atoms with E-state index >= 15 is 0 Å². The molecule has 16 nitrogen and oxygen atoms in total. The zero-order valence-electron chi connectivity index (χ0n) is 64.4. The Kier molecular flexibility index (Phi) is 73.6. The standard InChI is InChI=1S/C85H144O16P2/c1-4-7-10-13-16-19-22-25-28-30-32-34-35-36-37-38-39-40-41-42-43-45-47-48-51-53-56-59-62-65-68-71-83(88)95-74-80(86)75-97-102(91,92)98-76-81(87)77-99-103(93,94)100-79-82(101-85(90)73-70-67-64-61-58-55-50-27-24-21-18-15-12-9-6-3)78-96-84(89)72-69-66-63-60-57-54-52-49-46-44-33-31-29-26-23-20-17-14-11-8-5-2/h7-8,10-11,16-17,19-20,25-29,32-34,36-37,44,49-50,52,57,60,80-82,86-87H,4-6,9,12-15,18,21-24,30-31,35,38-43,45-48,51,53-56,58-59,61-79H2,1-3H3,(H,91,92)(H,93,94)/b10-7-,11-8-,19-16-,20-17-,28-25-,29-26-,34-32-,37-36-,44-33-,50-27-,52-49-,60-57-. The summed E-state index contributed by atoms with van der Waals surface area (Å²) in [6.07, 6.45) is 94.8. The predicted octanol–water partition coefficient (Wildman–Crippen LogP) is 23.7. The van der Waals surface area contributed by atoms with Crippen molar-refractivity contribution >= 4 is 33.6 Å². The van der Waals surface area contributed by atoms with Crippen molar-refractivity contribution in [1.29, 1.82) is 0 Å². The monoisotopic (exact) mass is 1480 g/mol. The van der Waals surface area contributed by atoms with Gasteiger partial charge in [-0.3, -0.25) is 32.5 Å². The molecule has 590 valence electrons. The molecule has 4 N–H and O–H groups in total. The molecule has 0 rings (SSSR count). The molecule has 0 amide bonds. The maximum atomic E-state index is 13.0. The summed E-state index contributed by atoms with van der Waals surface area (Å²) in [7, 11) is -9.81. The molecule has 0 fully saturated rings. The van der Waals surface area contributed by atoms with Crippen molar-refractivity contribution in [2.24, 2.45) is 0 Å². The summed E-state index contributed by atoms with van der Waals surface area (Å²) in [6, 6.07) is 0. The number of hydrogen-bond acceptors (Lipinski definition) is 14. The third-order valence-corrected chi connectivity index (χ3v) is 18.4. The van der Waals surface area contributed by atoms with Crippen molar-refractivity contribution in [3.05, 3.63) is 146 Å². The second-order valence-electron chi connectivity index (χ2n) is 26.5. The highest BCUT2D eigenvalue weighted by Gasteiger charge is 2.29. The predicted molar refractivity (Wildman–Crippen MR) is 426 cm³/mol. The summed E-state index contributed by atoms with van der Waals surface area (Å²) in [5.74, 6) is -1.63. The molecule has 0 aromatic carbocycles. The first kappa shape index (κ1) is 98.4. The average Bonchev–Trinajstić information content (AvgIpc) is 0.924. The number of aliphatic hydroxyl groups is 2. The molecule has 18 heteroatoms. The maximum absolute atomic E-state index is 13.0. The van der Waals surface area contributed by atoms with E-state index in [0.29, 0.717) is 19.3 Å². The van der Waals surface area contributed by atoms with E-state index in [1.54, 1.807) is 0 Å². The van der Waals surface area contributed by atoms with Crippen LogP contribution in [0.25, 0.3) is 0 Å². The first-order chi connectivity index (χ1) is 50.2. The minimum Gasteiger partial charge on any atom is -0.463 e. The lowest BCUT2D eigenvalue weighted by Gasteiger charge is -2.21. The van der Waals surface area contributed by atoms with Gasteiger partial charge in [0, 0.05) is 19.3 Å². The number of allylic oxidation sites excluding steroid dienone is 24. The van der Waals surface area contributed by atoms with E-state index in [1.165, 1.54) is 116 Å². The quantitative estimate of drug-likeness (QED) is 0.0146. The SMILES string of the molecule is CC/C=C\C/C=C\C/C=C\C/C=C\C/C=C\C/C=C\CCCCC(=O)OCC(COP(=O)(O)OCC(O)COP(=O)(O)OCC(O)COC(=O)CCCCCCCCCCCCCCCCC/C=C\C/C=C\C/C=C\C/C=C\C/C=C\CC)OC(=O)CCCCCCC/C=C\CCCCCCCC. The van der Waals surface area contributed by atoms with Gasteiger partial charge in [-0.05, 0) is 141 Å². The van der Waals surface area contributed by atoms with Crippen molar-refractivity contribution in [3.8, 4) is 0 Å². The average molecular weight is 1480 g/mol. The Morgan fingerprint density at radius 3 is 0.845 bits per heavy atom. The van der Waals surface area contributed by atoms with Gasteiger partial charge in [0.25, 0.3) is 0 Å². The molecule has 5 unspecified atom stereocenters. The van der Waals surface area contributed by atoms with Gasteiger partial charge in [0.1, 0.15) is 25.4 Å². The van der Waals surface area contributed by atoms with Crippen molar-refractivity contribution < 1.29 is 75.8 Å². The number of carbonyl (C=O) groups is 3. The molecular formula is C85H144O16P2. The Balaban J connectivity index is 4.53. The first-order valence-corrected chi connectivity index (χ1v) is 43.1. The molecule has 103 heavy (non-hydrogen) atoms. The Morgan fingerprint density at radius 2 is 0.515 bits per heavy atom. The molecule has 0 saturated heterocycles. The van der Waals surface area contributed by atoms with Gasteiger partial charge in [0.05, 0.1) is 26.4 Å². The van der Waals surface area contributed by atoms with E-state index < -0.39 is 91.5 Å². The highest BCUT2D eigenvalue weighted by atomic mass is 31.2. The molecule has 0 aromatic rings.